The van der Waals surface area contributed by atoms with Gasteiger partial charge in [0.05, 0.1) is 12.6 Å². The van der Waals surface area contributed by atoms with Gasteiger partial charge in [0.2, 0.25) is 0 Å². The molecule has 0 N–H and O–H groups in total. The predicted molar refractivity (Wildman–Crippen MR) is 38.2 cm³/mol. The zero-order valence-corrected chi connectivity index (χ0v) is 6.23. The van der Waals surface area contributed by atoms with Crippen molar-refractivity contribution < 1.29 is 4.79 Å². The number of ketones is 1. The Kier molecular flexibility index (Phi) is 0.910. The molecule has 3 rings (SSSR count). The van der Waals surface area contributed by atoms with Crippen LogP contribution in [0.4, 0.5) is 0 Å². The van der Waals surface area contributed by atoms with Gasteiger partial charge in [0.25, 0.3) is 0 Å². The highest BCUT2D eigenvalue weighted by Crippen LogP contribution is 2.50. The maximum atomic E-state index is 11.3. The highest BCUT2D eigenvalue weighted by molar-refractivity contribution is 5.85. The summed E-state index contributed by atoms with van der Waals surface area (Å²) in [6.45, 7) is 0.888. The molecule has 2 bridgehead atoms. The molecular formula is C8H10N2O. The summed E-state index contributed by atoms with van der Waals surface area (Å²) in [7, 11) is 0. The first-order valence-electron chi connectivity index (χ1n) is 4.25. The van der Waals surface area contributed by atoms with Crippen LogP contribution in [0.15, 0.2) is 10.2 Å². The lowest BCUT2D eigenvalue weighted by molar-refractivity contribution is -0.122. The number of carbonyl (C=O) groups excluding carboxylic acids is 1. The van der Waals surface area contributed by atoms with Crippen molar-refractivity contribution >= 4 is 5.78 Å². The van der Waals surface area contributed by atoms with Crippen LogP contribution in [0.5, 0.6) is 0 Å². The zero-order chi connectivity index (χ0) is 7.42. The number of hydrogen-bond acceptors (Lipinski definition) is 3. The monoisotopic (exact) mass is 150 g/mol. The summed E-state index contributed by atoms with van der Waals surface area (Å²) in [6, 6.07) is 0.293. The molecule has 0 aromatic heterocycles. The molecule has 1 aliphatic heterocycles. The molecule has 0 aromatic carbocycles. The molecule has 11 heavy (non-hydrogen) atoms. The van der Waals surface area contributed by atoms with Crippen LogP contribution in [0.1, 0.15) is 12.8 Å². The van der Waals surface area contributed by atoms with Crippen LogP contribution in [0.3, 0.4) is 0 Å². The number of azo groups is 1. The minimum absolute atomic E-state index is 0.260. The third-order valence-electron chi connectivity index (χ3n) is 3.40. The highest BCUT2D eigenvalue weighted by atomic mass is 16.1. The van der Waals surface area contributed by atoms with Gasteiger partial charge in [-0.25, -0.2) is 0 Å². The van der Waals surface area contributed by atoms with E-state index in [4.69, 9.17) is 0 Å². The fraction of sp³-hybridized carbons (Fsp3) is 0.875. The minimum atomic E-state index is 0.260. The van der Waals surface area contributed by atoms with Gasteiger partial charge in [-0.3, -0.25) is 4.79 Å². The molecule has 0 amide bonds. The maximum absolute atomic E-state index is 11.3. The Morgan fingerprint density at radius 3 is 3.27 bits per heavy atom. The second kappa shape index (κ2) is 1.71. The SMILES string of the molecule is O=C1CC2CC1C1N=NCC21. The first kappa shape index (κ1) is 5.86. The zero-order valence-electron chi connectivity index (χ0n) is 6.23. The van der Waals surface area contributed by atoms with Crippen molar-refractivity contribution in [1.82, 2.24) is 0 Å². The average Bonchev–Trinajstić information content (AvgIpc) is 2.52. The van der Waals surface area contributed by atoms with Crippen molar-refractivity contribution in [2.24, 2.45) is 28.0 Å². The van der Waals surface area contributed by atoms with Crippen LogP contribution in [-0.4, -0.2) is 18.4 Å². The molecule has 2 aliphatic carbocycles. The predicted octanol–water partition coefficient (Wildman–Crippen LogP) is 1.05. The minimum Gasteiger partial charge on any atom is -0.299 e. The van der Waals surface area contributed by atoms with Crippen molar-refractivity contribution in [3.63, 3.8) is 0 Å². The largest absolute Gasteiger partial charge is 0.299 e. The van der Waals surface area contributed by atoms with Crippen LogP contribution in [-0.2, 0) is 4.79 Å². The summed E-state index contributed by atoms with van der Waals surface area (Å²) in [6.07, 6.45) is 1.92. The van der Waals surface area contributed by atoms with Gasteiger partial charge in [-0.05, 0) is 12.3 Å². The van der Waals surface area contributed by atoms with E-state index in [0.717, 1.165) is 19.4 Å². The molecule has 0 spiro atoms. The van der Waals surface area contributed by atoms with E-state index < -0.39 is 0 Å². The Bertz CT molecular complexity index is 248. The van der Waals surface area contributed by atoms with E-state index in [1.165, 1.54) is 0 Å². The van der Waals surface area contributed by atoms with Crippen LogP contribution < -0.4 is 0 Å². The van der Waals surface area contributed by atoms with Gasteiger partial charge < -0.3 is 0 Å². The lowest BCUT2D eigenvalue weighted by Crippen LogP contribution is -2.29. The second-order valence-electron chi connectivity index (χ2n) is 3.87. The number of nitrogens with zero attached hydrogens (tertiary/aromatic N) is 2. The van der Waals surface area contributed by atoms with Gasteiger partial charge in [-0.15, -0.1) is 0 Å². The molecule has 2 fully saturated rings. The molecule has 2 saturated carbocycles. The van der Waals surface area contributed by atoms with Crippen LogP contribution >= 0.6 is 0 Å². The fourth-order valence-corrected chi connectivity index (χ4v) is 2.84. The number of Topliss-reactive ketones (excluding diaryl/α,β-unsaturated/α-hetero) is 1. The van der Waals surface area contributed by atoms with Gasteiger partial charge in [-0.1, -0.05) is 0 Å². The van der Waals surface area contributed by atoms with Crippen LogP contribution in [0.2, 0.25) is 0 Å². The molecule has 4 atom stereocenters. The number of hydrogen-bond donors (Lipinski definition) is 0. The van der Waals surface area contributed by atoms with Crippen LogP contribution in [0.25, 0.3) is 0 Å². The van der Waals surface area contributed by atoms with Gasteiger partial charge in [0.15, 0.2) is 0 Å². The molecule has 1 heterocycles. The normalized spacial score (nSPS) is 52.2. The summed E-state index contributed by atoms with van der Waals surface area (Å²) in [5, 5.41) is 8.15. The van der Waals surface area contributed by atoms with E-state index in [-0.39, 0.29) is 5.92 Å². The summed E-state index contributed by atoms with van der Waals surface area (Å²) in [5.74, 6) is 1.97. The van der Waals surface area contributed by atoms with E-state index in [2.05, 4.69) is 10.2 Å². The molecule has 0 saturated heterocycles. The number of carbonyl (C=O) groups is 1. The third-order valence-corrected chi connectivity index (χ3v) is 3.40. The van der Waals surface area contributed by atoms with E-state index in [0.29, 0.717) is 23.7 Å². The van der Waals surface area contributed by atoms with Gasteiger partial charge in [0, 0.05) is 18.3 Å². The molecule has 3 heteroatoms. The molecule has 0 aromatic rings. The van der Waals surface area contributed by atoms with E-state index in [1.54, 1.807) is 0 Å². The van der Waals surface area contributed by atoms with E-state index >= 15 is 0 Å². The fourth-order valence-electron chi connectivity index (χ4n) is 2.84. The summed E-state index contributed by atoms with van der Waals surface area (Å²) < 4.78 is 0. The van der Waals surface area contributed by atoms with E-state index in [1.807, 2.05) is 0 Å². The van der Waals surface area contributed by atoms with Gasteiger partial charge in [0.1, 0.15) is 5.78 Å². The highest BCUT2D eigenvalue weighted by Gasteiger charge is 2.54. The van der Waals surface area contributed by atoms with Gasteiger partial charge in [-0.2, -0.15) is 10.2 Å². The van der Waals surface area contributed by atoms with Gasteiger partial charge >= 0.3 is 0 Å². The topological polar surface area (TPSA) is 41.8 Å². The quantitative estimate of drug-likeness (QED) is 0.508. The van der Waals surface area contributed by atoms with Crippen LogP contribution in [0, 0.1) is 17.8 Å². The molecule has 3 aliphatic rings. The lowest BCUT2D eigenvalue weighted by Gasteiger charge is -2.19. The van der Waals surface area contributed by atoms with Crippen molar-refractivity contribution in [1.29, 1.82) is 0 Å². The van der Waals surface area contributed by atoms with E-state index in [9.17, 15) is 4.79 Å². The second-order valence-corrected chi connectivity index (χ2v) is 3.87. The molecule has 58 valence electrons. The Labute approximate surface area is 64.9 Å². The molecule has 0 radical (unpaired) electrons. The standard InChI is InChI=1S/C8H10N2O/c11-7-2-4-1-5(7)8-6(4)3-9-10-8/h4-6,8H,1-3H2. The maximum Gasteiger partial charge on any atom is 0.138 e. The first-order chi connectivity index (χ1) is 5.36. The summed E-state index contributed by atoms with van der Waals surface area (Å²) in [5.41, 5.74) is 0. The Morgan fingerprint density at radius 1 is 1.45 bits per heavy atom. The molecule has 4 unspecified atom stereocenters. The smallest absolute Gasteiger partial charge is 0.138 e. The number of fused-ring (bicyclic) bond motifs is 5. The van der Waals surface area contributed by atoms with Crippen molar-refractivity contribution in [2.45, 2.75) is 18.9 Å². The Balaban J connectivity index is 2.00. The Hall–Kier alpha value is -0.730. The Morgan fingerprint density at radius 2 is 2.36 bits per heavy atom. The van der Waals surface area contributed by atoms with Crippen molar-refractivity contribution in [3.05, 3.63) is 0 Å². The van der Waals surface area contributed by atoms with Crippen molar-refractivity contribution in [2.75, 3.05) is 6.54 Å². The molecule has 3 nitrogen and oxygen atoms in total. The summed E-state index contributed by atoms with van der Waals surface area (Å²) >= 11 is 0. The molecular weight excluding hydrogens is 140 g/mol. The lowest BCUT2D eigenvalue weighted by atomic mass is 9.85. The average molecular weight is 150 g/mol. The summed E-state index contributed by atoms with van der Waals surface area (Å²) in [4.78, 5) is 11.3. The first-order valence-corrected chi connectivity index (χ1v) is 4.25. The third kappa shape index (κ3) is 0.572. The van der Waals surface area contributed by atoms with Crippen molar-refractivity contribution in [3.8, 4) is 0 Å². The number of rotatable bonds is 0.